The van der Waals surface area contributed by atoms with Crippen LogP contribution in [0.15, 0.2) is 45.7 Å². The first-order valence-corrected chi connectivity index (χ1v) is 11.2. The van der Waals surface area contributed by atoms with Crippen molar-refractivity contribution in [3.63, 3.8) is 0 Å². The van der Waals surface area contributed by atoms with E-state index < -0.39 is 9.84 Å². The maximum Gasteiger partial charge on any atom is 0.256 e. The summed E-state index contributed by atoms with van der Waals surface area (Å²) in [5, 5.41) is 1.76. The molecule has 0 atom stereocenters. The summed E-state index contributed by atoms with van der Waals surface area (Å²) in [6.45, 7) is 1.73. The van der Waals surface area contributed by atoms with E-state index in [-0.39, 0.29) is 10.7 Å². The number of hydrogen-bond acceptors (Lipinski definition) is 7. The highest BCUT2D eigenvalue weighted by Crippen LogP contribution is 2.23. The lowest BCUT2D eigenvalue weighted by molar-refractivity contribution is 0.238. The second-order valence-electron chi connectivity index (χ2n) is 6.52. The van der Waals surface area contributed by atoms with E-state index in [1.807, 2.05) is 35.7 Å². The Labute approximate surface area is 160 Å². The van der Waals surface area contributed by atoms with Crippen molar-refractivity contribution in [3.05, 3.63) is 63.0 Å². The quantitative estimate of drug-likeness (QED) is 0.669. The molecule has 1 N–H and O–H groups in total. The fraction of sp³-hybridized carbons (Fsp3) is 0.278. The molecule has 1 aliphatic heterocycles. The van der Waals surface area contributed by atoms with Crippen LogP contribution < -0.4 is 5.56 Å². The van der Waals surface area contributed by atoms with Crippen LogP contribution in [0.3, 0.4) is 0 Å². The van der Waals surface area contributed by atoms with Gasteiger partial charge in [0.1, 0.15) is 0 Å². The average molecular weight is 403 g/mol. The van der Waals surface area contributed by atoms with E-state index in [4.69, 9.17) is 4.98 Å². The number of nitrogens with one attached hydrogen (secondary N) is 1. The van der Waals surface area contributed by atoms with Gasteiger partial charge in [-0.1, -0.05) is 12.1 Å². The predicted octanol–water partition coefficient (Wildman–Crippen LogP) is 1.86. The van der Waals surface area contributed by atoms with Crippen LogP contribution in [0.25, 0.3) is 10.6 Å². The van der Waals surface area contributed by atoms with Crippen LogP contribution in [0.2, 0.25) is 0 Å². The van der Waals surface area contributed by atoms with Gasteiger partial charge >= 0.3 is 0 Å². The Bertz CT molecular complexity index is 1140. The number of fused-ring (bicyclic) bond motifs is 1. The van der Waals surface area contributed by atoms with E-state index in [1.54, 1.807) is 11.3 Å². The maximum absolute atomic E-state index is 12.3. The molecule has 27 heavy (non-hydrogen) atoms. The van der Waals surface area contributed by atoms with E-state index in [9.17, 15) is 13.2 Å². The van der Waals surface area contributed by atoms with Gasteiger partial charge in [-0.25, -0.2) is 13.4 Å². The Balaban J connectivity index is 1.56. The Kier molecular flexibility index (Phi) is 4.67. The third-order valence-corrected chi connectivity index (χ3v) is 6.23. The van der Waals surface area contributed by atoms with Crippen LogP contribution >= 0.6 is 11.3 Å². The van der Waals surface area contributed by atoms with Crippen LogP contribution in [0, 0.1) is 0 Å². The molecular weight excluding hydrogens is 384 g/mol. The number of thiophene rings is 1. The number of pyridine rings is 1. The zero-order valence-corrected chi connectivity index (χ0v) is 16.3. The topological polar surface area (TPSA) is 96.0 Å². The Morgan fingerprint density at radius 2 is 2.07 bits per heavy atom. The molecule has 0 aliphatic carbocycles. The molecule has 0 radical (unpaired) electrons. The smallest absolute Gasteiger partial charge is 0.256 e. The second-order valence-corrected chi connectivity index (χ2v) is 9.40. The zero-order valence-electron chi connectivity index (χ0n) is 14.7. The standard InChI is InChI=1S/C18H18N4O3S2/c1-27(24,25)18-20-14-7-8-22(11-13(14)17(23)21-18)10-12-4-2-5-15(19-12)16-6-3-9-26-16/h2-6,9H,7-8,10-11H2,1H3,(H,20,21,23). The van der Waals surface area contributed by atoms with E-state index in [2.05, 4.69) is 14.9 Å². The Morgan fingerprint density at radius 3 is 2.81 bits per heavy atom. The number of aromatic amines is 1. The molecule has 0 saturated carbocycles. The molecule has 0 amide bonds. The summed E-state index contributed by atoms with van der Waals surface area (Å²) in [6.07, 6.45) is 1.57. The van der Waals surface area contributed by atoms with Crippen molar-refractivity contribution in [2.75, 3.05) is 12.8 Å². The van der Waals surface area contributed by atoms with Crippen molar-refractivity contribution in [2.45, 2.75) is 24.7 Å². The van der Waals surface area contributed by atoms with Crippen LogP contribution in [-0.4, -0.2) is 41.1 Å². The number of hydrogen-bond donors (Lipinski definition) is 1. The first-order chi connectivity index (χ1) is 12.9. The summed E-state index contributed by atoms with van der Waals surface area (Å²) in [7, 11) is -3.54. The van der Waals surface area contributed by atoms with E-state index >= 15 is 0 Å². The number of rotatable bonds is 4. The van der Waals surface area contributed by atoms with Crippen LogP contribution in [0.4, 0.5) is 0 Å². The molecule has 0 saturated heterocycles. The van der Waals surface area contributed by atoms with Crippen LogP contribution in [-0.2, 0) is 29.3 Å². The van der Waals surface area contributed by atoms with Gasteiger partial charge in [0.15, 0.2) is 0 Å². The highest BCUT2D eigenvalue weighted by molar-refractivity contribution is 7.90. The molecule has 9 heteroatoms. The van der Waals surface area contributed by atoms with Gasteiger partial charge in [0.2, 0.25) is 15.0 Å². The highest BCUT2D eigenvalue weighted by Gasteiger charge is 2.23. The van der Waals surface area contributed by atoms with Crippen molar-refractivity contribution in [1.29, 1.82) is 0 Å². The van der Waals surface area contributed by atoms with Crippen molar-refractivity contribution in [2.24, 2.45) is 0 Å². The number of sulfone groups is 1. The third kappa shape index (κ3) is 3.85. The highest BCUT2D eigenvalue weighted by atomic mass is 32.2. The van der Waals surface area contributed by atoms with Gasteiger partial charge in [-0.2, -0.15) is 0 Å². The molecule has 3 aromatic heterocycles. The summed E-state index contributed by atoms with van der Waals surface area (Å²) in [4.78, 5) is 26.8. The van der Waals surface area contributed by atoms with Gasteiger partial charge in [-0.05, 0) is 23.6 Å². The molecule has 4 rings (SSSR count). The molecular formula is C18H18N4O3S2. The molecule has 140 valence electrons. The molecule has 4 heterocycles. The molecule has 0 fully saturated rings. The lowest BCUT2D eigenvalue weighted by Crippen LogP contribution is -2.36. The van der Waals surface area contributed by atoms with Gasteiger partial charge < -0.3 is 0 Å². The second kappa shape index (κ2) is 6.99. The molecule has 0 spiro atoms. The maximum atomic E-state index is 12.3. The van der Waals surface area contributed by atoms with E-state index in [1.165, 1.54) is 0 Å². The molecule has 1 aliphatic rings. The van der Waals surface area contributed by atoms with Crippen molar-refractivity contribution < 1.29 is 8.42 Å². The molecule has 0 unspecified atom stereocenters. The average Bonchev–Trinajstić information content (AvgIpc) is 3.16. The van der Waals surface area contributed by atoms with Gasteiger partial charge in [0.25, 0.3) is 5.56 Å². The van der Waals surface area contributed by atoms with E-state index in [0.717, 1.165) is 22.5 Å². The fourth-order valence-electron chi connectivity index (χ4n) is 3.13. The minimum Gasteiger partial charge on any atom is -0.297 e. The summed E-state index contributed by atoms with van der Waals surface area (Å²) >= 11 is 1.65. The van der Waals surface area contributed by atoms with Crippen LogP contribution in [0.1, 0.15) is 17.0 Å². The lowest BCUT2D eigenvalue weighted by Gasteiger charge is -2.27. The monoisotopic (exact) mass is 402 g/mol. The van der Waals surface area contributed by atoms with E-state index in [0.29, 0.717) is 37.3 Å². The number of aromatic nitrogens is 3. The molecule has 0 bridgehead atoms. The number of H-pyrrole nitrogens is 1. The fourth-order valence-corrected chi connectivity index (χ4v) is 4.38. The normalized spacial score (nSPS) is 14.9. The number of nitrogens with zero attached hydrogens (tertiary/aromatic N) is 3. The molecule has 0 aromatic carbocycles. The Hall–Kier alpha value is -2.36. The van der Waals surface area contributed by atoms with Crippen molar-refractivity contribution in [3.8, 4) is 10.6 Å². The molecule has 7 nitrogen and oxygen atoms in total. The lowest BCUT2D eigenvalue weighted by atomic mass is 10.1. The zero-order chi connectivity index (χ0) is 19.0. The largest absolute Gasteiger partial charge is 0.297 e. The van der Waals surface area contributed by atoms with Crippen molar-refractivity contribution >= 4 is 21.2 Å². The van der Waals surface area contributed by atoms with Crippen molar-refractivity contribution in [1.82, 2.24) is 19.9 Å². The predicted molar refractivity (Wildman–Crippen MR) is 103 cm³/mol. The molecule has 3 aromatic rings. The van der Waals surface area contributed by atoms with Gasteiger partial charge in [-0.15, -0.1) is 11.3 Å². The summed E-state index contributed by atoms with van der Waals surface area (Å²) in [5.41, 5.74) is 2.59. The SMILES string of the molecule is CS(=O)(=O)c1nc2c(c(=O)[nH]1)CN(Cc1cccc(-c3cccs3)n1)CC2. The summed E-state index contributed by atoms with van der Waals surface area (Å²) < 4.78 is 23.3. The minimum absolute atomic E-state index is 0.259. The third-order valence-electron chi connectivity index (χ3n) is 4.44. The first kappa shape index (κ1) is 18.0. The van der Waals surface area contributed by atoms with Gasteiger partial charge in [0.05, 0.1) is 27.5 Å². The van der Waals surface area contributed by atoms with Crippen LogP contribution in [0.5, 0.6) is 0 Å². The summed E-state index contributed by atoms with van der Waals surface area (Å²) in [6, 6.07) is 9.99. The minimum atomic E-state index is -3.54. The summed E-state index contributed by atoms with van der Waals surface area (Å²) in [5.74, 6) is 0. The van der Waals surface area contributed by atoms with Gasteiger partial charge in [-0.3, -0.25) is 19.7 Å². The first-order valence-electron chi connectivity index (χ1n) is 8.44. The van der Waals surface area contributed by atoms with Gasteiger partial charge in [0, 0.05) is 32.3 Å². The Morgan fingerprint density at radius 1 is 1.22 bits per heavy atom.